The summed E-state index contributed by atoms with van der Waals surface area (Å²) in [6.45, 7) is 3.95. The lowest BCUT2D eigenvalue weighted by Gasteiger charge is -2.28. The van der Waals surface area contributed by atoms with Crippen molar-refractivity contribution in [1.82, 2.24) is 10.6 Å². The molecule has 2 rings (SSSR count). The monoisotopic (exact) mass is 252 g/mol. The molecule has 2 N–H and O–H groups in total. The Labute approximate surface area is 107 Å². The number of furan rings is 1. The van der Waals surface area contributed by atoms with Gasteiger partial charge in [-0.25, -0.2) is 0 Å². The van der Waals surface area contributed by atoms with Gasteiger partial charge in [0.25, 0.3) is 5.91 Å². The van der Waals surface area contributed by atoms with E-state index in [9.17, 15) is 4.79 Å². The fourth-order valence-electron chi connectivity index (χ4n) is 2.36. The first-order valence-corrected chi connectivity index (χ1v) is 6.24. The van der Waals surface area contributed by atoms with Gasteiger partial charge in [0, 0.05) is 13.7 Å². The molecule has 0 aliphatic carbocycles. The van der Waals surface area contributed by atoms with Crippen LogP contribution < -0.4 is 10.6 Å². The van der Waals surface area contributed by atoms with E-state index in [4.69, 9.17) is 9.15 Å². The van der Waals surface area contributed by atoms with Gasteiger partial charge in [0.1, 0.15) is 5.76 Å². The minimum Gasteiger partial charge on any atom is -0.456 e. The summed E-state index contributed by atoms with van der Waals surface area (Å²) in [5.74, 6) is 0.927. The predicted octanol–water partition coefficient (Wildman–Crippen LogP) is 1.09. The van der Waals surface area contributed by atoms with Gasteiger partial charge >= 0.3 is 0 Å². The van der Waals surface area contributed by atoms with Crippen LogP contribution in [-0.4, -0.2) is 38.3 Å². The highest BCUT2D eigenvalue weighted by atomic mass is 16.5. The van der Waals surface area contributed by atoms with Crippen molar-refractivity contribution < 1.29 is 13.9 Å². The first-order valence-electron chi connectivity index (χ1n) is 6.24. The number of carbonyl (C=O) groups is 1. The average molecular weight is 252 g/mol. The van der Waals surface area contributed by atoms with E-state index >= 15 is 0 Å². The first-order chi connectivity index (χ1) is 8.65. The number of nitrogens with one attached hydrogen (secondary N) is 2. The molecule has 1 aliphatic heterocycles. The second-order valence-electron chi connectivity index (χ2n) is 4.84. The van der Waals surface area contributed by atoms with Crippen LogP contribution in [0.15, 0.2) is 16.5 Å². The SMILES string of the molecule is COCC1(CNC(=O)c2ccc(C)o2)CCCN1. The summed E-state index contributed by atoms with van der Waals surface area (Å²) in [5.41, 5.74) is -0.133. The van der Waals surface area contributed by atoms with Crippen molar-refractivity contribution >= 4 is 5.91 Å². The van der Waals surface area contributed by atoms with Gasteiger partial charge in [0.2, 0.25) is 0 Å². The minimum absolute atomic E-state index is 0.133. The van der Waals surface area contributed by atoms with E-state index in [2.05, 4.69) is 10.6 Å². The molecule has 18 heavy (non-hydrogen) atoms. The average Bonchev–Trinajstić information content (AvgIpc) is 2.97. The number of hydrogen-bond donors (Lipinski definition) is 2. The number of aryl methyl sites for hydroxylation is 1. The number of carbonyl (C=O) groups excluding carboxylic acids is 1. The maximum Gasteiger partial charge on any atom is 0.287 e. The summed E-state index contributed by atoms with van der Waals surface area (Å²) < 4.78 is 10.5. The van der Waals surface area contributed by atoms with Crippen molar-refractivity contribution in [2.24, 2.45) is 0 Å². The molecule has 0 bridgehead atoms. The maximum atomic E-state index is 11.9. The minimum atomic E-state index is -0.174. The largest absolute Gasteiger partial charge is 0.456 e. The van der Waals surface area contributed by atoms with E-state index in [1.54, 1.807) is 19.2 Å². The Bertz CT molecular complexity index is 408. The molecule has 0 radical (unpaired) electrons. The molecule has 1 aromatic heterocycles. The van der Waals surface area contributed by atoms with Crippen LogP contribution in [0.5, 0.6) is 0 Å². The third-order valence-corrected chi connectivity index (χ3v) is 3.30. The highest BCUT2D eigenvalue weighted by Crippen LogP contribution is 2.19. The first kappa shape index (κ1) is 13.1. The summed E-state index contributed by atoms with van der Waals surface area (Å²) in [6.07, 6.45) is 2.12. The molecule has 2 heterocycles. The summed E-state index contributed by atoms with van der Waals surface area (Å²) in [5, 5.41) is 6.32. The molecule has 1 atom stereocenters. The molecule has 0 saturated carbocycles. The highest BCUT2D eigenvalue weighted by Gasteiger charge is 2.34. The number of rotatable bonds is 5. The molecule has 100 valence electrons. The number of hydrogen-bond acceptors (Lipinski definition) is 4. The fraction of sp³-hybridized carbons (Fsp3) is 0.615. The summed E-state index contributed by atoms with van der Waals surface area (Å²) in [6, 6.07) is 3.48. The van der Waals surface area contributed by atoms with Crippen LogP contribution in [0.3, 0.4) is 0 Å². The Morgan fingerprint density at radius 1 is 1.61 bits per heavy atom. The van der Waals surface area contributed by atoms with Crippen molar-refractivity contribution in [1.29, 1.82) is 0 Å². The number of ether oxygens (including phenoxy) is 1. The molecule has 1 aliphatic rings. The van der Waals surface area contributed by atoms with Crippen LogP contribution in [0.1, 0.15) is 29.2 Å². The van der Waals surface area contributed by atoms with E-state index < -0.39 is 0 Å². The summed E-state index contributed by atoms with van der Waals surface area (Å²) >= 11 is 0. The Morgan fingerprint density at radius 3 is 3.00 bits per heavy atom. The zero-order valence-electron chi connectivity index (χ0n) is 10.9. The van der Waals surface area contributed by atoms with Crippen LogP contribution in [-0.2, 0) is 4.74 Å². The quantitative estimate of drug-likeness (QED) is 0.823. The zero-order chi connectivity index (χ0) is 13.0. The molecule has 1 unspecified atom stereocenters. The second kappa shape index (κ2) is 5.54. The predicted molar refractivity (Wildman–Crippen MR) is 67.6 cm³/mol. The molecule has 0 spiro atoms. The summed E-state index contributed by atoms with van der Waals surface area (Å²) in [7, 11) is 1.68. The van der Waals surface area contributed by atoms with Gasteiger partial charge in [-0.05, 0) is 38.4 Å². The van der Waals surface area contributed by atoms with E-state index in [0.29, 0.717) is 18.9 Å². The molecule has 1 fully saturated rings. The number of amides is 1. The smallest absolute Gasteiger partial charge is 0.287 e. The van der Waals surface area contributed by atoms with Gasteiger partial charge in [-0.2, -0.15) is 0 Å². The number of methoxy groups -OCH3 is 1. The molecular formula is C13H20N2O3. The van der Waals surface area contributed by atoms with Gasteiger partial charge in [0.15, 0.2) is 5.76 Å². The standard InChI is InChI=1S/C13H20N2O3/c1-10-4-5-11(18-10)12(16)14-8-13(9-17-2)6-3-7-15-13/h4-5,15H,3,6-9H2,1-2H3,(H,14,16). The normalized spacial score (nSPS) is 23.2. The lowest BCUT2D eigenvalue weighted by atomic mass is 9.98. The van der Waals surface area contributed by atoms with Crippen LogP contribution in [0.4, 0.5) is 0 Å². The van der Waals surface area contributed by atoms with E-state index in [1.807, 2.05) is 6.92 Å². The van der Waals surface area contributed by atoms with E-state index in [0.717, 1.165) is 25.1 Å². The molecular weight excluding hydrogens is 232 g/mol. The lowest BCUT2D eigenvalue weighted by Crippen LogP contribution is -2.52. The topological polar surface area (TPSA) is 63.5 Å². The maximum absolute atomic E-state index is 11.9. The summed E-state index contributed by atoms with van der Waals surface area (Å²) in [4.78, 5) is 11.9. The second-order valence-corrected chi connectivity index (χ2v) is 4.84. The van der Waals surface area contributed by atoms with Crippen LogP contribution in [0, 0.1) is 6.92 Å². The van der Waals surface area contributed by atoms with Crippen molar-refractivity contribution in [3.05, 3.63) is 23.7 Å². The molecule has 0 aromatic carbocycles. The molecule has 5 nitrogen and oxygen atoms in total. The van der Waals surface area contributed by atoms with Gasteiger partial charge in [-0.3, -0.25) is 4.79 Å². The van der Waals surface area contributed by atoms with Crippen LogP contribution >= 0.6 is 0 Å². The Balaban J connectivity index is 1.91. The lowest BCUT2D eigenvalue weighted by molar-refractivity contribution is 0.0866. The van der Waals surface area contributed by atoms with Gasteiger partial charge in [0.05, 0.1) is 12.1 Å². The van der Waals surface area contributed by atoms with Gasteiger partial charge in [-0.1, -0.05) is 0 Å². The van der Waals surface area contributed by atoms with E-state index in [-0.39, 0.29) is 11.4 Å². The van der Waals surface area contributed by atoms with Crippen molar-refractivity contribution in [2.45, 2.75) is 25.3 Å². The van der Waals surface area contributed by atoms with Crippen molar-refractivity contribution in [3.63, 3.8) is 0 Å². The molecule has 1 aromatic rings. The molecule has 1 amide bonds. The Hall–Kier alpha value is -1.33. The van der Waals surface area contributed by atoms with Crippen LogP contribution in [0.2, 0.25) is 0 Å². The molecule has 1 saturated heterocycles. The fourth-order valence-corrected chi connectivity index (χ4v) is 2.36. The third kappa shape index (κ3) is 2.91. The zero-order valence-corrected chi connectivity index (χ0v) is 10.9. The van der Waals surface area contributed by atoms with E-state index in [1.165, 1.54) is 0 Å². The molecule has 5 heteroatoms. The van der Waals surface area contributed by atoms with Crippen molar-refractivity contribution in [3.8, 4) is 0 Å². The van der Waals surface area contributed by atoms with Crippen LogP contribution in [0.25, 0.3) is 0 Å². The Kier molecular flexibility index (Phi) is 4.04. The Morgan fingerprint density at radius 2 is 2.44 bits per heavy atom. The van der Waals surface area contributed by atoms with Gasteiger partial charge in [-0.15, -0.1) is 0 Å². The third-order valence-electron chi connectivity index (χ3n) is 3.30. The van der Waals surface area contributed by atoms with Gasteiger partial charge < -0.3 is 19.8 Å². The highest BCUT2D eigenvalue weighted by molar-refractivity contribution is 5.91. The van der Waals surface area contributed by atoms with Crippen molar-refractivity contribution in [2.75, 3.05) is 26.8 Å².